The number of aliphatic carboxylic acids is 1. The zero-order valence-electron chi connectivity index (χ0n) is 13.0. The van der Waals surface area contributed by atoms with Gasteiger partial charge >= 0.3 is 5.97 Å². The molecular formula is C17H21N3O3. The Hall–Kier alpha value is -2.31. The first kappa shape index (κ1) is 17.1. The number of aliphatic hydroxyl groups excluding tert-OH is 1. The Balaban J connectivity index is 1.85. The lowest BCUT2D eigenvalue weighted by Crippen LogP contribution is -2.44. The molecule has 0 unspecified atom stereocenters. The molecule has 0 aliphatic heterocycles. The van der Waals surface area contributed by atoms with E-state index in [1.165, 1.54) is 12.5 Å². The van der Waals surface area contributed by atoms with Crippen molar-refractivity contribution in [2.24, 2.45) is 0 Å². The summed E-state index contributed by atoms with van der Waals surface area (Å²) in [5, 5.41) is 21.2. The average Bonchev–Trinajstić information content (AvgIpc) is 2.54. The van der Waals surface area contributed by atoms with Crippen LogP contribution in [0.3, 0.4) is 0 Å². The summed E-state index contributed by atoms with van der Waals surface area (Å²) in [5.41, 5.74) is 2.02. The van der Waals surface area contributed by atoms with Gasteiger partial charge in [-0.15, -0.1) is 0 Å². The zero-order valence-corrected chi connectivity index (χ0v) is 13.0. The second-order valence-corrected chi connectivity index (χ2v) is 5.43. The van der Waals surface area contributed by atoms with Crippen LogP contribution in [-0.2, 0) is 24.2 Å². The summed E-state index contributed by atoms with van der Waals surface area (Å²) in [6.45, 7) is 1.73. The third-order valence-corrected chi connectivity index (χ3v) is 3.51. The normalized spacial score (nSPS) is 13.5. The van der Waals surface area contributed by atoms with Crippen LogP contribution in [0.1, 0.15) is 23.9 Å². The number of rotatable bonds is 8. The van der Waals surface area contributed by atoms with Crippen molar-refractivity contribution >= 4 is 5.97 Å². The van der Waals surface area contributed by atoms with E-state index in [1.54, 1.807) is 12.4 Å². The highest BCUT2D eigenvalue weighted by Crippen LogP contribution is 2.05. The van der Waals surface area contributed by atoms with Gasteiger partial charge in [-0.25, -0.2) is 9.97 Å². The van der Waals surface area contributed by atoms with E-state index in [0.717, 1.165) is 24.2 Å². The van der Waals surface area contributed by atoms with Gasteiger partial charge in [-0.05, 0) is 18.9 Å². The molecular weight excluding hydrogens is 294 g/mol. The van der Waals surface area contributed by atoms with Crippen LogP contribution in [0, 0.1) is 0 Å². The molecule has 0 fully saturated rings. The molecule has 6 nitrogen and oxygen atoms in total. The van der Waals surface area contributed by atoms with Gasteiger partial charge < -0.3 is 10.2 Å². The highest BCUT2D eigenvalue weighted by atomic mass is 16.4. The van der Waals surface area contributed by atoms with Crippen LogP contribution >= 0.6 is 0 Å². The van der Waals surface area contributed by atoms with Crippen LogP contribution < -0.4 is 5.32 Å². The van der Waals surface area contributed by atoms with Gasteiger partial charge in [-0.2, -0.15) is 0 Å². The van der Waals surface area contributed by atoms with Crippen LogP contribution in [-0.4, -0.2) is 38.3 Å². The molecule has 1 aromatic carbocycles. The number of hydrogen-bond acceptors (Lipinski definition) is 5. The fourth-order valence-corrected chi connectivity index (χ4v) is 2.19. The van der Waals surface area contributed by atoms with E-state index in [9.17, 15) is 9.90 Å². The molecule has 122 valence electrons. The maximum atomic E-state index is 11.0. The first-order valence-corrected chi connectivity index (χ1v) is 7.54. The number of carboxylic acid groups (broad SMARTS) is 1. The Morgan fingerprint density at radius 1 is 1.13 bits per heavy atom. The van der Waals surface area contributed by atoms with Crippen LogP contribution in [0.5, 0.6) is 0 Å². The molecule has 0 spiro atoms. The summed E-state index contributed by atoms with van der Waals surface area (Å²) in [6.07, 6.45) is 4.02. The van der Waals surface area contributed by atoms with Gasteiger partial charge in [0.1, 0.15) is 11.9 Å². The van der Waals surface area contributed by atoms with Gasteiger partial charge in [0, 0.05) is 30.9 Å². The molecule has 1 aromatic heterocycles. The molecule has 0 aliphatic rings. The van der Waals surface area contributed by atoms with E-state index in [-0.39, 0.29) is 0 Å². The number of nitrogens with one attached hydrogen (secondary N) is 1. The number of aryl methyl sites for hydroxylation is 2. The van der Waals surface area contributed by atoms with Crippen LogP contribution in [0.4, 0.5) is 0 Å². The highest BCUT2D eigenvalue weighted by molar-refractivity contribution is 5.74. The topological polar surface area (TPSA) is 95.3 Å². The number of carboxylic acids is 1. The fraction of sp³-hybridized carbons (Fsp3) is 0.353. The summed E-state index contributed by atoms with van der Waals surface area (Å²) in [6, 6.07) is 9.13. The molecule has 0 saturated heterocycles. The van der Waals surface area contributed by atoms with Crippen LogP contribution in [0.25, 0.3) is 0 Å². The van der Waals surface area contributed by atoms with Crippen molar-refractivity contribution in [1.29, 1.82) is 0 Å². The molecule has 0 saturated carbocycles. The van der Waals surface area contributed by atoms with Crippen LogP contribution in [0.15, 0.2) is 42.7 Å². The molecule has 6 heteroatoms. The predicted molar refractivity (Wildman–Crippen MR) is 85.8 cm³/mol. The number of benzene rings is 1. The maximum absolute atomic E-state index is 11.0. The molecule has 1 heterocycles. The Morgan fingerprint density at radius 2 is 1.78 bits per heavy atom. The average molecular weight is 315 g/mol. The van der Waals surface area contributed by atoms with Crippen molar-refractivity contribution in [2.45, 2.75) is 38.5 Å². The molecule has 0 amide bonds. The van der Waals surface area contributed by atoms with E-state index in [0.29, 0.717) is 6.54 Å². The molecule has 0 bridgehead atoms. The Labute approximate surface area is 135 Å². The molecule has 2 atom stereocenters. The standard InChI is InChI=1S/C17H21N3O3/c1-12(21)16(17(22)23)20-11-14-9-18-15(19-10-14)8-7-13-5-3-2-4-6-13/h2-6,9-10,12,16,20-21H,7-8,11H2,1H3,(H,22,23)/t12-,16+/m0/s1. The molecule has 0 aliphatic carbocycles. The lowest BCUT2D eigenvalue weighted by Gasteiger charge is -2.16. The summed E-state index contributed by atoms with van der Waals surface area (Å²) in [5.74, 6) is -0.330. The van der Waals surface area contributed by atoms with Crippen molar-refractivity contribution in [3.05, 3.63) is 59.7 Å². The van der Waals surface area contributed by atoms with Gasteiger partial charge in [0.25, 0.3) is 0 Å². The summed E-state index contributed by atoms with van der Waals surface area (Å²) < 4.78 is 0. The van der Waals surface area contributed by atoms with Crippen molar-refractivity contribution in [2.75, 3.05) is 0 Å². The maximum Gasteiger partial charge on any atom is 0.323 e. The number of aromatic nitrogens is 2. The van der Waals surface area contributed by atoms with Crippen molar-refractivity contribution in [3.63, 3.8) is 0 Å². The first-order valence-electron chi connectivity index (χ1n) is 7.54. The smallest absolute Gasteiger partial charge is 0.323 e. The second-order valence-electron chi connectivity index (χ2n) is 5.43. The SMILES string of the molecule is C[C@H](O)[C@@H](NCc1cnc(CCc2ccccc2)nc1)C(=O)O. The van der Waals surface area contributed by atoms with E-state index >= 15 is 0 Å². The Morgan fingerprint density at radius 3 is 2.35 bits per heavy atom. The minimum Gasteiger partial charge on any atom is -0.480 e. The van der Waals surface area contributed by atoms with Gasteiger partial charge in [0.2, 0.25) is 0 Å². The largest absolute Gasteiger partial charge is 0.480 e. The Bertz CT molecular complexity index is 615. The predicted octanol–water partition coefficient (Wildman–Crippen LogP) is 1.19. The monoisotopic (exact) mass is 315 g/mol. The third-order valence-electron chi connectivity index (χ3n) is 3.51. The van der Waals surface area contributed by atoms with Gasteiger partial charge in [0.05, 0.1) is 6.10 Å². The molecule has 23 heavy (non-hydrogen) atoms. The number of nitrogens with zero attached hydrogens (tertiary/aromatic N) is 2. The van der Waals surface area contributed by atoms with Crippen LogP contribution in [0.2, 0.25) is 0 Å². The number of hydrogen-bond donors (Lipinski definition) is 3. The summed E-state index contributed by atoms with van der Waals surface area (Å²) >= 11 is 0. The lowest BCUT2D eigenvalue weighted by molar-refractivity contribution is -0.142. The molecule has 2 rings (SSSR count). The summed E-state index contributed by atoms with van der Waals surface area (Å²) in [7, 11) is 0. The molecule has 2 aromatic rings. The third kappa shape index (κ3) is 5.43. The van der Waals surface area contributed by atoms with E-state index < -0.39 is 18.1 Å². The quantitative estimate of drug-likeness (QED) is 0.677. The summed E-state index contributed by atoms with van der Waals surface area (Å²) in [4.78, 5) is 19.6. The van der Waals surface area contributed by atoms with E-state index in [1.807, 2.05) is 18.2 Å². The van der Waals surface area contributed by atoms with Gasteiger partial charge in [-0.3, -0.25) is 10.1 Å². The second kappa shape index (κ2) is 8.36. The van der Waals surface area contributed by atoms with E-state index in [4.69, 9.17) is 5.11 Å². The minimum atomic E-state index is -1.08. The number of carbonyl (C=O) groups is 1. The number of aliphatic hydroxyl groups is 1. The van der Waals surface area contributed by atoms with Crippen molar-refractivity contribution in [1.82, 2.24) is 15.3 Å². The lowest BCUT2D eigenvalue weighted by atomic mass is 10.1. The molecule has 3 N–H and O–H groups in total. The molecule has 0 radical (unpaired) electrons. The Kier molecular flexibility index (Phi) is 6.19. The van der Waals surface area contributed by atoms with Gasteiger partial charge in [0.15, 0.2) is 0 Å². The fourth-order valence-electron chi connectivity index (χ4n) is 2.19. The zero-order chi connectivity index (χ0) is 16.7. The van der Waals surface area contributed by atoms with E-state index in [2.05, 4.69) is 27.4 Å². The van der Waals surface area contributed by atoms with Crippen molar-refractivity contribution < 1.29 is 15.0 Å². The first-order chi connectivity index (χ1) is 11.1. The van der Waals surface area contributed by atoms with Crippen molar-refractivity contribution in [3.8, 4) is 0 Å². The minimum absolute atomic E-state index is 0.292. The highest BCUT2D eigenvalue weighted by Gasteiger charge is 2.22. The van der Waals surface area contributed by atoms with Gasteiger partial charge in [-0.1, -0.05) is 30.3 Å².